The first-order valence-electron chi connectivity index (χ1n) is 10.3. The molecule has 33 heavy (non-hydrogen) atoms. The minimum atomic E-state index is -0.490. The van der Waals surface area contributed by atoms with Crippen molar-refractivity contribution in [3.05, 3.63) is 78.7 Å². The lowest BCUT2D eigenvalue weighted by Gasteiger charge is -2.30. The van der Waals surface area contributed by atoms with Crippen LogP contribution in [0.25, 0.3) is 0 Å². The van der Waals surface area contributed by atoms with Gasteiger partial charge in [-0.25, -0.2) is 0 Å². The second-order valence-electron chi connectivity index (χ2n) is 7.33. The van der Waals surface area contributed by atoms with Crippen LogP contribution >= 0.6 is 23.5 Å². The summed E-state index contributed by atoms with van der Waals surface area (Å²) in [6.07, 6.45) is -0.490. The van der Waals surface area contributed by atoms with Crippen molar-refractivity contribution >= 4 is 40.8 Å². The highest BCUT2D eigenvalue weighted by atomic mass is 32.2. The van der Waals surface area contributed by atoms with Crippen molar-refractivity contribution in [2.75, 3.05) is 17.3 Å². The van der Waals surface area contributed by atoms with Gasteiger partial charge in [0.2, 0.25) is 12.0 Å². The Bertz CT molecular complexity index is 1300. The number of carbonyl (C=O) groups is 1. The van der Waals surface area contributed by atoms with Crippen LogP contribution in [0, 0.1) is 0 Å². The molecular weight excluding hydrogens is 458 g/mol. The van der Waals surface area contributed by atoms with Crippen molar-refractivity contribution in [1.82, 2.24) is 10.2 Å². The second kappa shape index (κ2) is 8.49. The van der Waals surface area contributed by atoms with Crippen LogP contribution in [0.3, 0.4) is 0 Å². The van der Waals surface area contributed by atoms with Crippen LogP contribution in [0.2, 0.25) is 0 Å². The largest absolute Gasteiger partial charge is 0.485 e. The van der Waals surface area contributed by atoms with Gasteiger partial charge in [0.05, 0.1) is 17.1 Å². The summed E-state index contributed by atoms with van der Waals surface area (Å²) in [7, 11) is 0. The van der Waals surface area contributed by atoms with Gasteiger partial charge in [-0.15, -0.1) is 10.2 Å². The van der Waals surface area contributed by atoms with E-state index in [4.69, 9.17) is 13.9 Å². The first-order chi connectivity index (χ1) is 16.3. The zero-order chi connectivity index (χ0) is 22.2. The zero-order valence-corrected chi connectivity index (χ0v) is 18.8. The number of anilines is 2. The van der Waals surface area contributed by atoms with Gasteiger partial charge in [0.1, 0.15) is 6.61 Å². The molecule has 1 amide bonds. The summed E-state index contributed by atoms with van der Waals surface area (Å²) in [5.41, 5.74) is 1.76. The Hall–Kier alpha value is -3.43. The Morgan fingerprint density at radius 1 is 0.939 bits per heavy atom. The predicted octanol–water partition coefficient (Wildman–Crippen LogP) is 5.50. The lowest BCUT2D eigenvalue weighted by Crippen LogP contribution is -2.29. The van der Waals surface area contributed by atoms with Crippen LogP contribution in [-0.2, 0) is 4.79 Å². The van der Waals surface area contributed by atoms with E-state index in [1.165, 1.54) is 11.8 Å². The minimum absolute atomic E-state index is 0.0638. The maximum atomic E-state index is 13.3. The van der Waals surface area contributed by atoms with E-state index in [1.807, 2.05) is 72.8 Å². The number of fused-ring (bicyclic) bond motifs is 3. The SMILES string of the molecule is O=C(CSc1nnc(C2COc3ccccc3O2)o1)N1c2ccccc2Sc2ccccc21. The number of rotatable bonds is 4. The summed E-state index contributed by atoms with van der Waals surface area (Å²) in [6, 6.07) is 23.3. The van der Waals surface area contributed by atoms with Gasteiger partial charge in [0.15, 0.2) is 11.5 Å². The third-order valence-corrected chi connectivity index (χ3v) is 7.14. The average Bonchev–Trinajstić information content (AvgIpc) is 3.34. The van der Waals surface area contributed by atoms with Crippen molar-refractivity contribution in [1.29, 1.82) is 0 Å². The molecule has 0 saturated heterocycles. The fraction of sp³-hybridized carbons (Fsp3) is 0.125. The number of amides is 1. The Kier molecular flexibility index (Phi) is 5.20. The van der Waals surface area contributed by atoms with E-state index >= 15 is 0 Å². The van der Waals surface area contributed by atoms with Gasteiger partial charge >= 0.3 is 0 Å². The maximum Gasteiger partial charge on any atom is 0.277 e. The molecule has 1 unspecified atom stereocenters. The smallest absolute Gasteiger partial charge is 0.277 e. The van der Waals surface area contributed by atoms with Crippen molar-refractivity contribution in [2.24, 2.45) is 0 Å². The number of para-hydroxylation sites is 4. The highest BCUT2D eigenvalue weighted by molar-refractivity contribution is 8.00. The molecule has 7 nitrogen and oxygen atoms in total. The molecule has 0 aliphatic carbocycles. The molecule has 9 heteroatoms. The van der Waals surface area contributed by atoms with Crippen LogP contribution in [-0.4, -0.2) is 28.5 Å². The number of aromatic nitrogens is 2. The summed E-state index contributed by atoms with van der Waals surface area (Å²) in [6.45, 7) is 0.279. The van der Waals surface area contributed by atoms with Gasteiger partial charge in [-0.05, 0) is 36.4 Å². The summed E-state index contributed by atoms with van der Waals surface area (Å²) in [5.74, 6) is 1.74. The monoisotopic (exact) mass is 475 g/mol. The van der Waals surface area contributed by atoms with E-state index in [0.29, 0.717) is 22.6 Å². The second-order valence-corrected chi connectivity index (χ2v) is 9.34. The van der Waals surface area contributed by atoms with E-state index in [2.05, 4.69) is 10.2 Å². The van der Waals surface area contributed by atoms with Crippen molar-refractivity contribution < 1.29 is 18.7 Å². The average molecular weight is 476 g/mol. The number of hydrogen-bond acceptors (Lipinski definition) is 8. The van der Waals surface area contributed by atoms with Crippen molar-refractivity contribution in [3.8, 4) is 11.5 Å². The van der Waals surface area contributed by atoms with Gasteiger partial charge in [0.25, 0.3) is 11.1 Å². The van der Waals surface area contributed by atoms with Gasteiger partial charge in [-0.2, -0.15) is 0 Å². The van der Waals surface area contributed by atoms with Crippen LogP contribution in [0.4, 0.5) is 11.4 Å². The molecule has 0 saturated carbocycles. The molecular formula is C24H17N3O4S2. The summed E-state index contributed by atoms with van der Waals surface area (Å²) in [5, 5.41) is 8.51. The molecule has 6 rings (SSSR count). The number of nitrogens with zero attached hydrogens (tertiary/aromatic N) is 3. The van der Waals surface area contributed by atoms with Crippen LogP contribution in [0.5, 0.6) is 11.5 Å². The molecule has 0 fully saturated rings. The molecule has 1 aromatic heterocycles. The number of benzene rings is 3. The molecule has 0 spiro atoms. The van der Waals surface area contributed by atoms with E-state index in [-0.39, 0.29) is 18.3 Å². The number of carbonyl (C=O) groups excluding carboxylic acids is 1. The van der Waals surface area contributed by atoms with Gasteiger partial charge in [-0.3, -0.25) is 9.69 Å². The molecule has 3 heterocycles. The van der Waals surface area contributed by atoms with Gasteiger partial charge in [0, 0.05) is 9.79 Å². The highest BCUT2D eigenvalue weighted by Gasteiger charge is 2.30. The Morgan fingerprint density at radius 2 is 1.61 bits per heavy atom. The summed E-state index contributed by atoms with van der Waals surface area (Å²) >= 11 is 2.87. The first-order valence-corrected chi connectivity index (χ1v) is 12.1. The maximum absolute atomic E-state index is 13.3. The molecule has 4 aromatic rings. The third-order valence-electron chi connectivity index (χ3n) is 5.21. The Morgan fingerprint density at radius 3 is 2.36 bits per heavy atom. The molecule has 0 N–H and O–H groups in total. The lowest BCUT2D eigenvalue weighted by molar-refractivity contribution is -0.115. The zero-order valence-electron chi connectivity index (χ0n) is 17.2. The molecule has 1 atom stereocenters. The Labute approximate surface area is 198 Å². The topological polar surface area (TPSA) is 77.7 Å². The van der Waals surface area contributed by atoms with Crippen LogP contribution in [0.1, 0.15) is 12.0 Å². The molecule has 0 radical (unpaired) electrons. The first kappa shape index (κ1) is 20.2. The lowest BCUT2D eigenvalue weighted by atomic mass is 10.2. The summed E-state index contributed by atoms with van der Waals surface area (Å²) in [4.78, 5) is 17.2. The van der Waals surface area contributed by atoms with E-state index < -0.39 is 6.10 Å². The van der Waals surface area contributed by atoms with E-state index in [1.54, 1.807) is 16.7 Å². The van der Waals surface area contributed by atoms with Crippen LogP contribution in [0.15, 0.2) is 92.2 Å². The fourth-order valence-corrected chi connectivity index (χ4v) is 5.39. The van der Waals surface area contributed by atoms with Crippen molar-refractivity contribution in [3.63, 3.8) is 0 Å². The number of hydrogen-bond donors (Lipinski definition) is 0. The van der Waals surface area contributed by atoms with Crippen LogP contribution < -0.4 is 14.4 Å². The predicted molar refractivity (Wildman–Crippen MR) is 124 cm³/mol. The molecule has 2 aliphatic rings. The molecule has 2 aliphatic heterocycles. The van der Waals surface area contributed by atoms with Crippen molar-refractivity contribution in [2.45, 2.75) is 21.1 Å². The molecule has 3 aromatic carbocycles. The van der Waals surface area contributed by atoms with E-state index in [0.717, 1.165) is 21.2 Å². The standard InChI is InChI=1S/C24H17N3O4S2/c28-22(27-15-7-1-5-11-20(15)33-21-12-6-2-8-16(21)27)14-32-24-26-25-23(31-24)19-13-29-17-9-3-4-10-18(17)30-19/h1-12,19H,13-14H2. The fourth-order valence-electron chi connectivity index (χ4n) is 3.71. The van der Waals surface area contributed by atoms with E-state index in [9.17, 15) is 4.79 Å². The highest BCUT2D eigenvalue weighted by Crippen LogP contribution is 2.48. The number of ether oxygens (including phenoxy) is 2. The normalized spacial score (nSPS) is 16.1. The quantitative estimate of drug-likeness (QED) is 0.358. The molecule has 0 bridgehead atoms. The third kappa shape index (κ3) is 3.83. The Balaban J connectivity index is 1.18. The van der Waals surface area contributed by atoms with Gasteiger partial charge in [-0.1, -0.05) is 59.9 Å². The molecule has 164 valence electrons. The summed E-state index contributed by atoms with van der Waals surface area (Å²) < 4.78 is 17.4. The number of thioether (sulfide) groups is 1. The van der Waals surface area contributed by atoms with Gasteiger partial charge < -0.3 is 13.9 Å². The minimum Gasteiger partial charge on any atom is -0.485 e.